The average molecular weight is 142 g/mol. The maximum absolute atomic E-state index is 8.36. The zero-order valence-corrected chi connectivity index (χ0v) is 5.96. The number of rotatable bonds is 0. The lowest BCUT2D eigenvalue weighted by molar-refractivity contribution is -0.122. The Kier molecular flexibility index (Phi) is 3.95. The van der Waals surface area contributed by atoms with Crippen LogP contribution in [0.1, 0.15) is 11.4 Å². The number of carbonyl (C=O) groups is 1. The van der Waals surface area contributed by atoms with Crippen molar-refractivity contribution in [2.45, 2.75) is 13.8 Å². The molecule has 0 saturated carbocycles. The first-order valence-electron chi connectivity index (χ1n) is 2.77. The second-order valence-corrected chi connectivity index (χ2v) is 1.80. The Hall–Kier alpha value is -1.32. The lowest BCUT2D eigenvalue weighted by Crippen LogP contribution is -1.68. The van der Waals surface area contributed by atoms with Crippen LogP contribution in [0.4, 0.5) is 0 Å². The maximum atomic E-state index is 8.36. The third-order valence-corrected chi connectivity index (χ3v) is 0.834. The first-order valence-corrected chi connectivity index (χ1v) is 2.77. The van der Waals surface area contributed by atoms with Crippen molar-refractivity contribution >= 4 is 6.47 Å². The van der Waals surface area contributed by atoms with Crippen LogP contribution in [0.25, 0.3) is 0 Å². The number of aromatic amines is 1. The molecule has 0 aliphatic rings. The molecule has 0 aliphatic heterocycles. The summed E-state index contributed by atoms with van der Waals surface area (Å²) in [5.41, 5.74) is 2.18. The van der Waals surface area contributed by atoms with Crippen molar-refractivity contribution in [1.29, 1.82) is 0 Å². The summed E-state index contributed by atoms with van der Waals surface area (Å²) in [5.74, 6) is 0. The van der Waals surface area contributed by atoms with Gasteiger partial charge >= 0.3 is 0 Å². The highest BCUT2D eigenvalue weighted by Gasteiger charge is 1.84. The van der Waals surface area contributed by atoms with Gasteiger partial charge in [-0.2, -0.15) is 5.10 Å². The van der Waals surface area contributed by atoms with Gasteiger partial charge in [-0.15, -0.1) is 0 Å². The molecule has 0 bridgehead atoms. The summed E-state index contributed by atoms with van der Waals surface area (Å²) in [6, 6.07) is 2.00. The van der Waals surface area contributed by atoms with Gasteiger partial charge in [-0.05, 0) is 19.9 Å². The van der Waals surface area contributed by atoms with Crippen molar-refractivity contribution in [3.8, 4) is 0 Å². The van der Waals surface area contributed by atoms with Gasteiger partial charge in [0.15, 0.2) is 0 Å². The molecule has 4 nitrogen and oxygen atoms in total. The minimum absolute atomic E-state index is 0.250. The van der Waals surface area contributed by atoms with Crippen molar-refractivity contribution < 1.29 is 9.90 Å². The van der Waals surface area contributed by atoms with Crippen LogP contribution in [-0.2, 0) is 4.79 Å². The smallest absolute Gasteiger partial charge is 0.290 e. The van der Waals surface area contributed by atoms with Crippen LogP contribution in [0.15, 0.2) is 6.07 Å². The van der Waals surface area contributed by atoms with E-state index in [4.69, 9.17) is 9.90 Å². The van der Waals surface area contributed by atoms with E-state index < -0.39 is 0 Å². The molecule has 2 N–H and O–H groups in total. The third-order valence-electron chi connectivity index (χ3n) is 0.834. The maximum Gasteiger partial charge on any atom is 0.290 e. The van der Waals surface area contributed by atoms with E-state index in [1.54, 1.807) is 0 Å². The summed E-state index contributed by atoms with van der Waals surface area (Å²) in [5, 5.41) is 13.6. The Bertz CT molecular complexity index is 179. The highest BCUT2D eigenvalue weighted by Crippen LogP contribution is 1.92. The minimum Gasteiger partial charge on any atom is -0.483 e. The molecule has 1 aromatic heterocycles. The molecule has 4 heteroatoms. The Balaban J connectivity index is 0.000000236. The molecular weight excluding hydrogens is 132 g/mol. The average Bonchev–Trinajstić information content (AvgIpc) is 2.17. The molecule has 1 heterocycles. The van der Waals surface area contributed by atoms with Gasteiger partial charge in [0.25, 0.3) is 6.47 Å². The second-order valence-electron chi connectivity index (χ2n) is 1.80. The monoisotopic (exact) mass is 142 g/mol. The van der Waals surface area contributed by atoms with E-state index in [9.17, 15) is 0 Å². The van der Waals surface area contributed by atoms with Crippen LogP contribution in [0.3, 0.4) is 0 Å². The lowest BCUT2D eigenvalue weighted by atomic mass is 10.4. The summed E-state index contributed by atoms with van der Waals surface area (Å²) < 4.78 is 0. The van der Waals surface area contributed by atoms with Crippen LogP contribution < -0.4 is 0 Å². The second kappa shape index (κ2) is 4.55. The molecule has 1 rings (SSSR count). The number of hydrogen-bond acceptors (Lipinski definition) is 2. The molecule has 0 saturated heterocycles. The molecule has 0 aromatic carbocycles. The molecule has 56 valence electrons. The minimum atomic E-state index is -0.250. The van der Waals surface area contributed by atoms with Gasteiger partial charge in [-0.25, -0.2) is 0 Å². The molecule has 0 fully saturated rings. The number of carboxylic acid groups (broad SMARTS) is 1. The van der Waals surface area contributed by atoms with Crippen molar-refractivity contribution in [1.82, 2.24) is 10.2 Å². The topological polar surface area (TPSA) is 66.0 Å². The largest absolute Gasteiger partial charge is 0.483 e. The van der Waals surface area contributed by atoms with Gasteiger partial charge in [-0.3, -0.25) is 9.89 Å². The quantitative estimate of drug-likeness (QED) is 0.525. The SMILES string of the molecule is Cc1cc(C)[nH]n1.O=CO. The molecule has 0 amide bonds. The predicted octanol–water partition coefficient (Wildman–Crippen LogP) is 0.727. The Morgan fingerprint density at radius 2 is 2.20 bits per heavy atom. The highest BCUT2D eigenvalue weighted by molar-refractivity contribution is 5.32. The van der Waals surface area contributed by atoms with Crippen molar-refractivity contribution in [2.24, 2.45) is 0 Å². The molecular formula is C6H10N2O2. The summed E-state index contributed by atoms with van der Waals surface area (Å²) in [4.78, 5) is 8.36. The summed E-state index contributed by atoms with van der Waals surface area (Å²) >= 11 is 0. The van der Waals surface area contributed by atoms with Crippen LogP contribution in [-0.4, -0.2) is 21.8 Å². The van der Waals surface area contributed by atoms with Crippen LogP contribution in [0.2, 0.25) is 0 Å². The number of hydrogen-bond donors (Lipinski definition) is 2. The van der Waals surface area contributed by atoms with Gasteiger partial charge in [0, 0.05) is 5.69 Å². The van der Waals surface area contributed by atoms with E-state index in [0.717, 1.165) is 11.4 Å². The van der Waals surface area contributed by atoms with Gasteiger partial charge in [0.05, 0.1) is 5.69 Å². The Labute approximate surface area is 58.9 Å². The molecule has 0 spiro atoms. The Morgan fingerprint density at radius 3 is 2.30 bits per heavy atom. The van der Waals surface area contributed by atoms with Gasteiger partial charge in [-0.1, -0.05) is 0 Å². The third kappa shape index (κ3) is 3.65. The number of aromatic nitrogens is 2. The van der Waals surface area contributed by atoms with Crippen molar-refractivity contribution in [3.05, 3.63) is 17.5 Å². The first kappa shape index (κ1) is 8.68. The zero-order chi connectivity index (χ0) is 7.98. The normalized spacial score (nSPS) is 7.80. The standard InChI is InChI=1S/C5H8N2.CH2O2/c1-4-3-5(2)7-6-4;2-1-3/h3H,1-2H3,(H,6,7);1H,(H,2,3). The summed E-state index contributed by atoms with van der Waals surface area (Å²) in [6.07, 6.45) is 0. The summed E-state index contributed by atoms with van der Waals surface area (Å²) in [7, 11) is 0. The van der Waals surface area contributed by atoms with E-state index in [-0.39, 0.29) is 6.47 Å². The van der Waals surface area contributed by atoms with Crippen molar-refractivity contribution in [3.63, 3.8) is 0 Å². The van der Waals surface area contributed by atoms with E-state index >= 15 is 0 Å². The van der Waals surface area contributed by atoms with Crippen LogP contribution in [0.5, 0.6) is 0 Å². The van der Waals surface area contributed by atoms with Crippen molar-refractivity contribution in [2.75, 3.05) is 0 Å². The van der Waals surface area contributed by atoms with E-state index in [1.807, 2.05) is 19.9 Å². The van der Waals surface area contributed by atoms with Gasteiger partial charge in [0.2, 0.25) is 0 Å². The summed E-state index contributed by atoms with van der Waals surface area (Å²) in [6.45, 7) is 3.70. The number of H-pyrrole nitrogens is 1. The molecule has 10 heavy (non-hydrogen) atoms. The fraction of sp³-hybridized carbons (Fsp3) is 0.333. The van der Waals surface area contributed by atoms with E-state index in [1.165, 1.54) is 0 Å². The first-order chi connectivity index (χ1) is 4.70. The number of aryl methyl sites for hydroxylation is 2. The van der Waals surface area contributed by atoms with Gasteiger partial charge < -0.3 is 5.11 Å². The molecule has 1 aromatic rings. The molecule has 0 unspecified atom stereocenters. The van der Waals surface area contributed by atoms with E-state index in [0.29, 0.717) is 0 Å². The van der Waals surface area contributed by atoms with E-state index in [2.05, 4.69) is 10.2 Å². The van der Waals surface area contributed by atoms with Crippen LogP contribution >= 0.6 is 0 Å². The zero-order valence-electron chi connectivity index (χ0n) is 5.96. The fourth-order valence-corrected chi connectivity index (χ4v) is 0.554. The number of nitrogens with zero attached hydrogens (tertiary/aromatic N) is 1. The molecule has 0 atom stereocenters. The fourth-order valence-electron chi connectivity index (χ4n) is 0.554. The number of nitrogens with one attached hydrogen (secondary N) is 1. The lowest BCUT2D eigenvalue weighted by Gasteiger charge is -1.68. The Morgan fingerprint density at radius 1 is 1.70 bits per heavy atom. The highest BCUT2D eigenvalue weighted by atomic mass is 16.3. The van der Waals surface area contributed by atoms with Gasteiger partial charge in [0.1, 0.15) is 0 Å². The predicted molar refractivity (Wildman–Crippen MR) is 36.8 cm³/mol. The molecule has 0 aliphatic carbocycles. The molecule has 0 radical (unpaired) electrons. The van der Waals surface area contributed by atoms with Crippen LogP contribution in [0, 0.1) is 13.8 Å².